The second-order valence-electron chi connectivity index (χ2n) is 9.26. The van der Waals surface area contributed by atoms with Crippen LogP contribution < -0.4 is 0 Å². The lowest BCUT2D eigenvalue weighted by atomic mass is 9.74. The number of likely N-dealkylation sites (tertiary alicyclic amines) is 1. The normalized spacial score (nSPS) is 20.5. The van der Waals surface area contributed by atoms with Crippen LogP contribution >= 0.6 is 23.2 Å². The first-order valence-corrected chi connectivity index (χ1v) is 12.7. The molecule has 196 valence electrons. The predicted octanol–water partition coefficient (Wildman–Crippen LogP) is 9.01. The molecule has 8 heteroatoms. The number of benzene rings is 2. The van der Waals surface area contributed by atoms with Crippen molar-refractivity contribution in [3.05, 3.63) is 113 Å². The standard InChI is InChI=1S/C23H24ClF3N2O.C6H5Cl/c1-3-12-22(2)13-11-19(16-7-9-17(24)10-8-16)29(21(22)30)20(15-23(25,26)27)18-6-4-5-14-28-18;7-6-4-2-1-3-5-6/h3-10,14,19-20H,1,11-13,15H2,2H3;1-5H/t19?,20-,22-;/m0./s1. The lowest BCUT2D eigenvalue weighted by Gasteiger charge is -2.48. The van der Waals surface area contributed by atoms with Gasteiger partial charge in [-0.1, -0.05) is 72.6 Å². The Labute approximate surface area is 225 Å². The lowest BCUT2D eigenvalue weighted by molar-refractivity contribution is -0.169. The van der Waals surface area contributed by atoms with Gasteiger partial charge in [-0.2, -0.15) is 13.2 Å². The summed E-state index contributed by atoms with van der Waals surface area (Å²) < 4.78 is 40.8. The van der Waals surface area contributed by atoms with E-state index >= 15 is 0 Å². The van der Waals surface area contributed by atoms with Gasteiger partial charge in [0.25, 0.3) is 0 Å². The molecule has 1 fully saturated rings. The average Bonchev–Trinajstić information content (AvgIpc) is 2.86. The van der Waals surface area contributed by atoms with E-state index in [2.05, 4.69) is 11.6 Å². The number of amides is 1. The molecule has 1 aliphatic rings. The van der Waals surface area contributed by atoms with Crippen molar-refractivity contribution in [1.82, 2.24) is 9.88 Å². The first kappa shape index (κ1) is 28.7. The molecule has 2 aromatic carbocycles. The number of halogens is 5. The van der Waals surface area contributed by atoms with Crippen molar-refractivity contribution in [1.29, 1.82) is 0 Å². The second kappa shape index (κ2) is 12.6. The van der Waals surface area contributed by atoms with Crippen molar-refractivity contribution in [2.24, 2.45) is 5.41 Å². The number of pyridine rings is 1. The number of piperidine rings is 1. The van der Waals surface area contributed by atoms with Gasteiger partial charge >= 0.3 is 6.18 Å². The SMILES string of the molecule is C=CC[C@@]1(C)CCC(c2ccc(Cl)cc2)N([C@@H](CC(F)(F)F)c2ccccn2)C1=O.Clc1ccccc1. The van der Waals surface area contributed by atoms with Crippen LogP contribution in [0.1, 0.15) is 55.9 Å². The second-order valence-corrected chi connectivity index (χ2v) is 10.1. The van der Waals surface area contributed by atoms with E-state index < -0.39 is 30.1 Å². The molecule has 1 amide bonds. The van der Waals surface area contributed by atoms with Crippen molar-refractivity contribution >= 4 is 29.1 Å². The Morgan fingerprint density at radius 3 is 2.19 bits per heavy atom. The number of carbonyl (C=O) groups is 1. The van der Waals surface area contributed by atoms with Crippen molar-refractivity contribution in [3.63, 3.8) is 0 Å². The number of carbonyl (C=O) groups excluding carboxylic acids is 1. The molecular formula is C29H29Cl2F3N2O. The lowest BCUT2D eigenvalue weighted by Crippen LogP contribution is -2.51. The molecule has 4 rings (SSSR count). The molecule has 3 aromatic rings. The summed E-state index contributed by atoms with van der Waals surface area (Å²) in [7, 11) is 0. The summed E-state index contributed by atoms with van der Waals surface area (Å²) >= 11 is 11.5. The van der Waals surface area contributed by atoms with Gasteiger partial charge in [0.05, 0.1) is 29.6 Å². The Kier molecular flexibility index (Phi) is 9.80. The minimum Gasteiger partial charge on any atom is -0.326 e. The van der Waals surface area contributed by atoms with E-state index in [-0.39, 0.29) is 11.6 Å². The van der Waals surface area contributed by atoms with E-state index in [9.17, 15) is 18.0 Å². The zero-order valence-corrected chi connectivity index (χ0v) is 22.0. The number of allylic oxidation sites excluding steroid dienone is 1. The summed E-state index contributed by atoms with van der Waals surface area (Å²) in [6.45, 7) is 5.53. The van der Waals surface area contributed by atoms with Crippen molar-refractivity contribution in [2.75, 3.05) is 0 Å². The monoisotopic (exact) mass is 548 g/mol. The topological polar surface area (TPSA) is 33.2 Å². The highest BCUT2D eigenvalue weighted by Crippen LogP contribution is 2.48. The fourth-order valence-corrected chi connectivity index (χ4v) is 4.86. The van der Waals surface area contributed by atoms with Crippen LogP contribution in [0.15, 0.2) is 91.6 Å². The molecular weight excluding hydrogens is 520 g/mol. The first-order chi connectivity index (χ1) is 17.5. The van der Waals surface area contributed by atoms with Crippen LogP contribution in [0.4, 0.5) is 13.2 Å². The quantitative estimate of drug-likeness (QED) is 0.288. The average molecular weight is 549 g/mol. The van der Waals surface area contributed by atoms with Gasteiger partial charge in [-0.25, -0.2) is 0 Å². The van der Waals surface area contributed by atoms with E-state index in [1.807, 2.05) is 30.3 Å². The highest BCUT2D eigenvalue weighted by molar-refractivity contribution is 6.30. The van der Waals surface area contributed by atoms with Gasteiger partial charge in [-0.3, -0.25) is 9.78 Å². The van der Waals surface area contributed by atoms with Gasteiger partial charge in [0, 0.05) is 16.2 Å². The maximum atomic E-state index is 13.6. The Bertz CT molecular complexity index is 1160. The van der Waals surface area contributed by atoms with Crippen molar-refractivity contribution < 1.29 is 18.0 Å². The minimum absolute atomic E-state index is 0.227. The van der Waals surface area contributed by atoms with Crippen LogP contribution in [0.5, 0.6) is 0 Å². The highest BCUT2D eigenvalue weighted by Gasteiger charge is 2.49. The molecule has 1 aliphatic heterocycles. The summed E-state index contributed by atoms with van der Waals surface area (Å²) in [6.07, 6.45) is -1.02. The molecule has 3 nitrogen and oxygen atoms in total. The largest absolute Gasteiger partial charge is 0.391 e. The fraction of sp³-hybridized carbons (Fsp3) is 0.310. The van der Waals surface area contributed by atoms with Crippen LogP contribution in [0.3, 0.4) is 0 Å². The number of hydrogen-bond acceptors (Lipinski definition) is 2. The van der Waals surface area contributed by atoms with Gasteiger partial charge in [-0.05, 0) is 61.2 Å². The Balaban J connectivity index is 0.000000468. The van der Waals surface area contributed by atoms with Gasteiger partial charge in [0.2, 0.25) is 5.91 Å². The predicted molar refractivity (Wildman–Crippen MR) is 142 cm³/mol. The molecule has 0 bridgehead atoms. The molecule has 0 radical (unpaired) electrons. The third-order valence-electron chi connectivity index (χ3n) is 6.43. The molecule has 1 unspecified atom stereocenters. The summed E-state index contributed by atoms with van der Waals surface area (Å²) in [5.41, 5.74) is 0.185. The van der Waals surface area contributed by atoms with E-state index in [4.69, 9.17) is 23.2 Å². The number of nitrogens with zero attached hydrogens (tertiary/aromatic N) is 2. The van der Waals surface area contributed by atoms with Crippen LogP contribution in [0.2, 0.25) is 10.0 Å². The van der Waals surface area contributed by atoms with E-state index in [1.54, 1.807) is 55.5 Å². The van der Waals surface area contributed by atoms with Crippen LogP contribution in [0, 0.1) is 5.41 Å². The first-order valence-electron chi connectivity index (χ1n) is 11.9. The van der Waals surface area contributed by atoms with Gasteiger partial charge < -0.3 is 4.90 Å². The maximum Gasteiger partial charge on any atom is 0.391 e. The Hall–Kier alpha value is -2.83. The molecule has 1 saturated heterocycles. The minimum atomic E-state index is -4.46. The molecule has 0 saturated carbocycles. The molecule has 0 N–H and O–H groups in total. The highest BCUT2D eigenvalue weighted by atomic mass is 35.5. The van der Waals surface area contributed by atoms with Crippen molar-refractivity contribution in [2.45, 2.75) is 50.9 Å². The molecule has 37 heavy (non-hydrogen) atoms. The summed E-state index contributed by atoms with van der Waals surface area (Å²) in [5, 5.41) is 1.32. The van der Waals surface area contributed by atoms with Gasteiger partial charge in [-0.15, -0.1) is 6.58 Å². The van der Waals surface area contributed by atoms with Crippen LogP contribution in [-0.2, 0) is 4.79 Å². The summed E-state index contributed by atoms with van der Waals surface area (Å²) in [5.74, 6) is -0.312. The fourth-order valence-electron chi connectivity index (χ4n) is 4.59. The smallest absolute Gasteiger partial charge is 0.326 e. The molecule has 0 aliphatic carbocycles. The molecule has 1 aromatic heterocycles. The van der Waals surface area contributed by atoms with E-state index in [0.717, 1.165) is 10.6 Å². The van der Waals surface area contributed by atoms with Gasteiger partial charge in [0.1, 0.15) is 0 Å². The molecule has 0 spiro atoms. The number of rotatable bonds is 6. The van der Waals surface area contributed by atoms with Gasteiger partial charge in [0.15, 0.2) is 0 Å². The van der Waals surface area contributed by atoms with Crippen LogP contribution in [-0.4, -0.2) is 22.0 Å². The third kappa shape index (κ3) is 7.83. The molecule has 2 heterocycles. The van der Waals surface area contributed by atoms with E-state index in [1.165, 1.54) is 11.1 Å². The zero-order chi connectivity index (χ0) is 27.1. The number of hydrogen-bond donors (Lipinski definition) is 0. The van der Waals surface area contributed by atoms with E-state index in [0.29, 0.717) is 24.3 Å². The Morgan fingerprint density at radius 1 is 1.05 bits per heavy atom. The number of alkyl halides is 3. The number of aromatic nitrogens is 1. The van der Waals surface area contributed by atoms with Crippen molar-refractivity contribution in [3.8, 4) is 0 Å². The zero-order valence-electron chi connectivity index (χ0n) is 20.5. The maximum absolute atomic E-state index is 13.6. The molecule has 3 atom stereocenters. The summed E-state index contributed by atoms with van der Waals surface area (Å²) in [6, 6.07) is 19.5. The van der Waals surface area contributed by atoms with Crippen LogP contribution in [0.25, 0.3) is 0 Å². The Morgan fingerprint density at radius 2 is 1.68 bits per heavy atom. The third-order valence-corrected chi connectivity index (χ3v) is 6.93. The summed E-state index contributed by atoms with van der Waals surface area (Å²) in [4.78, 5) is 19.2.